The van der Waals surface area contributed by atoms with Gasteiger partial charge in [-0.1, -0.05) is 0 Å². The zero-order valence-corrected chi connectivity index (χ0v) is 25.5. The number of imidazole rings is 2. The lowest BCUT2D eigenvalue weighted by molar-refractivity contribution is -0.236. The number of H-pyrrole nitrogens is 2. The molecule has 3 aliphatic heterocycles. The first kappa shape index (κ1) is 31.9. The molecule has 3 aliphatic rings. The number of phosphoric ester groups is 2. The molecule has 7 rings (SSSR count). The number of anilines is 2. The molecule has 7 heterocycles. The van der Waals surface area contributed by atoms with E-state index in [9.17, 15) is 33.8 Å². The van der Waals surface area contributed by atoms with Crippen LogP contribution in [0.3, 0.4) is 0 Å². The molecule has 4 aromatic rings. The SMILES string of the molecule is COP1(=O)OCC2O[C@@H](n3cnc4c(=O)[nH]c(N)nc43)[C@H](O)[C@@H]2OP(=O)([O-])OCC2O[C@@H](n3cnc4c(=O)[nH]c(N)nc43)[C@H](O)[C@@H]2O1. The maximum atomic E-state index is 13.7. The standard InChI is InChI=1S/C21H26N10O14P2/c1-39-47(38)41-3-7-12(10(32)18(43-7)30-4-24-8-14(30)26-20(22)28-16(8)34)44-46(36,37)40-2-6-13(45-47)11(33)19(42-6)31-5-25-9-15(31)27-21(23)29-17(9)35/h4-7,10-13,18-19,32-33H,2-3H2,1H3,(H,36,37)(H3,22,26,28,34)(H3,23,27,29,35)/p-1/t6?,7?,10-,11-,12-,13-,18-,19-,47?/m1/s1. The van der Waals surface area contributed by atoms with Crippen molar-refractivity contribution in [1.82, 2.24) is 39.0 Å². The van der Waals surface area contributed by atoms with E-state index in [4.69, 9.17) is 43.6 Å². The highest BCUT2D eigenvalue weighted by molar-refractivity contribution is 7.48. The molecule has 0 radical (unpaired) electrons. The number of nitrogens with two attached hydrogens (primary N) is 2. The number of phosphoric acid groups is 2. The van der Waals surface area contributed by atoms with Gasteiger partial charge in [-0.05, 0) is 0 Å². The van der Waals surface area contributed by atoms with Crippen LogP contribution >= 0.6 is 15.6 Å². The normalized spacial score (nSPS) is 36.6. The maximum absolute atomic E-state index is 13.7. The Kier molecular flexibility index (Phi) is 7.82. The van der Waals surface area contributed by atoms with Crippen LogP contribution in [0.2, 0.25) is 0 Å². The summed E-state index contributed by atoms with van der Waals surface area (Å²) >= 11 is 0. The predicted molar refractivity (Wildman–Crippen MR) is 149 cm³/mol. The molecule has 8 N–H and O–H groups in total. The van der Waals surface area contributed by atoms with Crippen LogP contribution in [0, 0.1) is 0 Å². The smallest absolute Gasteiger partial charge is 0.475 e. The average molecular weight is 703 g/mol. The summed E-state index contributed by atoms with van der Waals surface area (Å²) in [6.07, 6.45) is -10.6. The van der Waals surface area contributed by atoms with Crippen LogP contribution in [0.1, 0.15) is 12.5 Å². The fourth-order valence-corrected chi connectivity index (χ4v) is 7.56. The van der Waals surface area contributed by atoms with E-state index < -0.39 is 89.1 Å². The van der Waals surface area contributed by atoms with Gasteiger partial charge < -0.3 is 45.1 Å². The Hall–Kier alpha value is -3.64. The number of rotatable bonds is 3. The van der Waals surface area contributed by atoms with Crippen LogP contribution < -0.4 is 27.5 Å². The molecule has 4 aromatic heterocycles. The van der Waals surface area contributed by atoms with Gasteiger partial charge in [-0.15, -0.1) is 0 Å². The van der Waals surface area contributed by atoms with Crippen molar-refractivity contribution in [2.45, 2.75) is 49.1 Å². The van der Waals surface area contributed by atoms with Gasteiger partial charge in [-0.25, -0.2) is 14.5 Å². The zero-order valence-electron chi connectivity index (χ0n) is 23.7. The van der Waals surface area contributed by atoms with E-state index in [0.29, 0.717) is 0 Å². The van der Waals surface area contributed by atoms with E-state index in [0.717, 1.165) is 28.9 Å². The van der Waals surface area contributed by atoms with Gasteiger partial charge in [0, 0.05) is 7.11 Å². The van der Waals surface area contributed by atoms with Crippen LogP contribution in [0.25, 0.3) is 22.3 Å². The topological polar surface area (TPSA) is 341 Å². The molecule has 10 atom stereocenters. The van der Waals surface area contributed by atoms with Crippen molar-refractivity contribution in [3.05, 3.63) is 33.4 Å². The fourth-order valence-electron chi connectivity index (χ4n) is 5.47. The second-order valence-electron chi connectivity index (χ2n) is 10.5. The Balaban J connectivity index is 1.19. The first-order valence-electron chi connectivity index (χ1n) is 13.5. The summed E-state index contributed by atoms with van der Waals surface area (Å²) in [5.41, 5.74) is 9.41. The number of aliphatic hydroxyl groups excluding tert-OH is 2. The zero-order chi connectivity index (χ0) is 33.4. The molecule has 24 nitrogen and oxygen atoms in total. The molecular formula is C21H25N10O14P2-. The Morgan fingerprint density at radius 3 is 1.83 bits per heavy atom. The number of nitrogens with one attached hydrogen (secondary N) is 2. The molecule has 3 saturated heterocycles. The molecule has 4 unspecified atom stereocenters. The van der Waals surface area contributed by atoms with Gasteiger partial charge in [-0.3, -0.25) is 46.8 Å². The van der Waals surface area contributed by atoms with Gasteiger partial charge in [0.05, 0.1) is 25.9 Å². The number of hydrogen-bond donors (Lipinski definition) is 6. The third-order valence-electron chi connectivity index (χ3n) is 7.59. The summed E-state index contributed by atoms with van der Waals surface area (Å²) in [6.45, 7) is -1.64. The van der Waals surface area contributed by atoms with Crippen molar-refractivity contribution < 1.29 is 56.3 Å². The van der Waals surface area contributed by atoms with E-state index in [-0.39, 0.29) is 34.2 Å². The Morgan fingerprint density at radius 1 is 0.872 bits per heavy atom. The van der Waals surface area contributed by atoms with Crippen molar-refractivity contribution in [2.24, 2.45) is 0 Å². The van der Waals surface area contributed by atoms with E-state index in [1.165, 1.54) is 0 Å². The molecule has 0 saturated carbocycles. The van der Waals surface area contributed by atoms with Gasteiger partial charge in [0.25, 0.3) is 18.9 Å². The Labute approximate surface area is 259 Å². The maximum Gasteiger partial charge on any atom is 0.475 e. The molecular weight excluding hydrogens is 678 g/mol. The summed E-state index contributed by atoms with van der Waals surface area (Å²) in [5, 5.41) is 22.4. The number of nitrogens with zero attached hydrogens (tertiary/aromatic N) is 6. The third kappa shape index (κ3) is 5.56. The lowest BCUT2D eigenvalue weighted by Gasteiger charge is -2.32. The monoisotopic (exact) mass is 703 g/mol. The Morgan fingerprint density at radius 2 is 1.34 bits per heavy atom. The molecule has 0 aliphatic carbocycles. The van der Waals surface area contributed by atoms with Crippen molar-refractivity contribution in [3.8, 4) is 0 Å². The second-order valence-corrected chi connectivity index (χ2v) is 13.6. The van der Waals surface area contributed by atoms with E-state index in [1.807, 2.05) is 0 Å². The second kappa shape index (κ2) is 11.5. The average Bonchev–Trinajstić information content (AvgIpc) is 3.76. The minimum absolute atomic E-state index is 0.0979. The third-order valence-corrected chi connectivity index (χ3v) is 9.97. The van der Waals surface area contributed by atoms with Gasteiger partial charge in [0.15, 0.2) is 34.8 Å². The summed E-state index contributed by atoms with van der Waals surface area (Å²) < 4.78 is 66.9. The number of hydrogen-bond acceptors (Lipinski definition) is 20. The predicted octanol–water partition coefficient (Wildman–Crippen LogP) is -3.03. The number of aliphatic hydroxyl groups is 2. The summed E-state index contributed by atoms with van der Waals surface area (Å²) in [6, 6.07) is 0. The number of fused-ring (bicyclic) bond motifs is 4. The molecule has 254 valence electrons. The van der Waals surface area contributed by atoms with E-state index in [1.54, 1.807) is 0 Å². The van der Waals surface area contributed by atoms with E-state index in [2.05, 4.69) is 29.9 Å². The van der Waals surface area contributed by atoms with E-state index >= 15 is 0 Å². The highest BCUT2D eigenvalue weighted by atomic mass is 31.2. The number of nitrogen functional groups attached to an aromatic ring is 2. The molecule has 0 amide bonds. The molecule has 0 spiro atoms. The van der Waals surface area contributed by atoms with Crippen LogP contribution in [0.4, 0.5) is 11.9 Å². The van der Waals surface area contributed by atoms with Crippen LogP contribution in [0.15, 0.2) is 22.2 Å². The molecule has 47 heavy (non-hydrogen) atoms. The van der Waals surface area contributed by atoms with Crippen molar-refractivity contribution in [2.75, 3.05) is 31.8 Å². The molecule has 3 fully saturated rings. The summed E-state index contributed by atoms with van der Waals surface area (Å²) in [7, 11) is -8.96. The van der Waals surface area contributed by atoms with Crippen molar-refractivity contribution >= 4 is 49.9 Å². The molecule has 26 heteroatoms. The molecule has 0 aromatic carbocycles. The van der Waals surface area contributed by atoms with Gasteiger partial charge in [0.2, 0.25) is 11.9 Å². The van der Waals surface area contributed by atoms with Gasteiger partial charge >= 0.3 is 7.82 Å². The lowest BCUT2D eigenvalue weighted by Crippen LogP contribution is -2.40. The number of aromatic amines is 2. The Bertz CT molecular complexity index is 2070. The quantitative estimate of drug-likeness (QED) is 0.116. The minimum atomic E-state index is -5.33. The minimum Gasteiger partial charge on any atom is -0.756 e. The molecule has 0 bridgehead atoms. The number of aromatic nitrogens is 8. The largest absolute Gasteiger partial charge is 0.756 e. The summed E-state index contributed by atoms with van der Waals surface area (Å²) in [4.78, 5) is 58.0. The highest BCUT2D eigenvalue weighted by Crippen LogP contribution is 2.55. The van der Waals surface area contributed by atoms with Crippen LogP contribution in [0.5, 0.6) is 0 Å². The van der Waals surface area contributed by atoms with Gasteiger partial charge in [0.1, 0.15) is 36.6 Å². The first-order chi connectivity index (χ1) is 22.3. The van der Waals surface area contributed by atoms with Crippen molar-refractivity contribution in [1.29, 1.82) is 0 Å². The van der Waals surface area contributed by atoms with Gasteiger partial charge in [-0.2, -0.15) is 9.97 Å². The fraction of sp³-hybridized carbons (Fsp3) is 0.524. The lowest BCUT2D eigenvalue weighted by atomic mass is 10.1. The number of ether oxygens (including phenoxy) is 2. The van der Waals surface area contributed by atoms with Crippen LogP contribution in [-0.2, 0) is 41.2 Å². The van der Waals surface area contributed by atoms with Crippen molar-refractivity contribution in [3.63, 3.8) is 0 Å². The summed E-state index contributed by atoms with van der Waals surface area (Å²) in [5.74, 6) is -0.539. The van der Waals surface area contributed by atoms with Crippen LogP contribution in [-0.4, -0.2) is 106 Å². The highest BCUT2D eigenvalue weighted by Gasteiger charge is 2.53. The first-order valence-corrected chi connectivity index (χ1v) is 16.4.